The van der Waals surface area contributed by atoms with Gasteiger partial charge >= 0.3 is 0 Å². The summed E-state index contributed by atoms with van der Waals surface area (Å²) in [5, 5.41) is 4.03. The first-order chi connectivity index (χ1) is 10.2. The molecule has 0 spiro atoms. The van der Waals surface area contributed by atoms with Crippen molar-refractivity contribution in [1.29, 1.82) is 0 Å². The molecule has 1 heterocycles. The second-order valence-electron chi connectivity index (χ2n) is 5.34. The maximum absolute atomic E-state index is 6.13. The van der Waals surface area contributed by atoms with Crippen molar-refractivity contribution in [3.63, 3.8) is 0 Å². The van der Waals surface area contributed by atoms with Gasteiger partial charge in [0.1, 0.15) is 5.75 Å². The van der Waals surface area contributed by atoms with Gasteiger partial charge in [0.25, 0.3) is 0 Å². The van der Waals surface area contributed by atoms with E-state index >= 15 is 0 Å². The zero-order chi connectivity index (χ0) is 14.8. The van der Waals surface area contributed by atoms with Crippen LogP contribution < -0.4 is 15.0 Å². The third-order valence-electron chi connectivity index (χ3n) is 3.92. The summed E-state index contributed by atoms with van der Waals surface area (Å²) in [7, 11) is 3.76. The lowest BCUT2D eigenvalue weighted by atomic mass is 10.1. The lowest BCUT2D eigenvalue weighted by Crippen LogP contribution is -2.12. The van der Waals surface area contributed by atoms with E-state index in [1.165, 1.54) is 16.8 Å². The Morgan fingerprint density at radius 1 is 1.24 bits per heavy atom. The van der Waals surface area contributed by atoms with Crippen LogP contribution in [0.3, 0.4) is 0 Å². The number of benzene rings is 2. The van der Waals surface area contributed by atoms with Gasteiger partial charge in [-0.2, -0.15) is 0 Å². The van der Waals surface area contributed by atoms with Crippen molar-refractivity contribution in [3.05, 3.63) is 52.5 Å². The standard InChI is InChI=1S/C17H19ClN2O/c1-20-8-7-13-9-12(3-5-16(13)20)11-19-14-4-6-17(21-2)15(18)10-14/h3-6,9-10,19H,7-8,11H2,1-2H3. The Hall–Kier alpha value is -1.87. The van der Waals surface area contributed by atoms with E-state index in [1.807, 2.05) is 18.2 Å². The number of hydrogen-bond acceptors (Lipinski definition) is 3. The lowest BCUT2D eigenvalue weighted by Gasteiger charge is -2.13. The highest BCUT2D eigenvalue weighted by Gasteiger charge is 2.15. The molecule has 0 aromatic heterocycles. The molecule has 0 saturated carbocycles. The zero-order valence-corrected chi connectivity index (χ0v) is 13.1. The first-order valence-corrected chi connectivity index (χ1v) is 7.45. The average Bonchev–Trinajstić information content (AvgIpc) is 2.86. The minimum Gasteiger partial charge on any atom is -0.495 e. The van der Waals surface area contributed by atoms with Crippen LogP contribution >= 0.6 is 11.6 Å². The molecule has 0 radical (unpaired) electrons. The van der Waals surface area contributed by atoms with E-state index in [9.17, 15) is 0 Å². The van der Waals surface area contributed by atoms with Crippen LogP contribution in [0.25, 0.3) is 0 Å². The molecule has 0 amide bonds. The third kappa shape index (κ3) is 2.93. The summed E-state index contributed by atoms with van der Waals surface area (Å²) in [5.74, 6) is 0.697. The second kappa shape index (κ2) is 5.86. The van der Waals surface area contributed by atoms with E-state index in [-0.39, 0.29) is 0 Å². The molecule has 21 heavy (non-hydrogen) atoms. The van der Waals surface area contributed by atoms with Gasteiger partial charge in [-0.1, -0.05) is 23.7 Å². The largest absolute Gasteiger partial charge is 0.495 e. The van der Waals surface area contributed by atoms with E-state index in [0.717, 1.165) is 25.2 Å². The summed E-state index contributed by atoms with van der Waals surface area (Å²) in [6, 6.07) is 12.4. The molecule has 3 rings (SSSR count). The van der Waals surface area contributed by atoms with E-state index in [1.54, 1.807) is 7.11 Å². The molecule has 0 fully saturated rings. The zero-order valence-electron chi connectivity index (χ0n) is 12.3. The fourth-order valence-electron chi connectivity index (χ4n) is 2.71. The molecule has 1 aliphatic heterocycles. The number of nitrogens with zero attached hydrogens (tertiary/aromatic N) is 1. The van der Waals surface area contributed by atoms with Crippen molar-refractivity contribution in [3.8, 4) is 5.75 Å². The number of nitrogens with one attached hydrogen (secondary N) is 1. The lowest BCUT2D eigenvalue weighted by molar-refractivity contribution is 0.415. The van der Waals surface area contributed by atoms with Gasteiger partial charge in [-0.05, 0) is 41.8 Å². The molecule has 4 heteroatoms. The number of fused-ring (bicyclic) bond motifs is 1. The normalized spacial score (nSPS) is 13.2. The number of hydrogen-bond donors (Lipinski definition) is 1. The Labute approximate surface area is 130 Å². The Morgan fingerprint density at radius 2 is 2.10 bits per heavy atom. The summed E-state index contributed by atoms with van der Waals surface area (Å²) in [6.45, 7) is 1.90. The minimum atomic E-state index is 0.623. The highest BCUT2D eigenvalue weighted by molar-refractivity contribution is 6.32. The first-order valence-electron chi connectivity index (χ1n) is 7.08. The van der Waals surface area contributed by atoms with Crippen LogP contribution in [0.5, 0.6) is 5.75 Å². The van der Waals surface area contributed by atoms with Crippen LogP contribution in [-0.4, -0.2) is 20.7 Å². The van der Waals surface area contributed by atoms with Crippen molar-refractivity contribution >= 4 is 23.0 Å². The SMILES string of the molecule is COc1ccc(NCc2ccc3c(c2)CCN3C)cc1Cl. The maximum Gasteiger partial charge on any atom is 0.137 e. The number of ether oxygens (including phenoxy) is 1. The summed E-state index contributed by atoms with van der Waals surface area (Å²) in [5.41, 5.74) is 5.07. The van der Waals surface area contributed by atoms with E-state index in [4.69, 9.17) is 16.3 Å². The van der Waals surface area contributed by atoms with Crippen LogP contribution in [0.15, 0.2) is 36.4 Å². The quantitative estimate of drug-likeness (QED) is 0.925. The summed E-state index contributed by atoms with van der Waals surface area (Å²) >= 11 is 6.13. The summed E-state index contributed by atoms with van der Waals surface area (Å²) in [6.07, 6.45) is 1.13. The van der Waals surface area contributed by atoms with Crippen molar-refractivity contribution in [2.75, 3.05) is 30.9 Å². The smallest absolute Gasteiger partial charge is 0.137 e. The van der Waals surface area contributed by atoms with Crippen molar-refractivity contribution in [2.45, 2.75) is 13.0 Å². The van der Waals surface area contributed by atoms with Gasteiger partial charge < -0.3 is 15.0 Å². The third-order valence-corrected chi connectivity index (χ3v) is 4.22. The van der Waals surface area contributed by atoms with E-state index < -0.39 is 0 Å². The van der Waals surface area contributed by atoms with Crippen LogP contribution in [0.2, 0.25) is 5.02 Å². The van der Waals surface area contributed by atoms with Gasteiger partial charge in [0.2, 0.25) is 0 Å². The Balaban J connectivity index is 1.69. The molecule has 0 bridgehead atoms. The van der Waals surface area contributed by atoms with Crippen LogP contribution in [0.1, 0.15) is 11.1 Å². The minimum absolute atomic E-state index is 0.623. The predicted octanol–water partition coefficient (Wildman–Crippen LogP) is 3.95. The first kappa shape index (κ1) is 14.1. The molecular weight excluding hydrogens is 284 g/mol. The Bertz CT molecular complexity index is 657. The van der Waals surface area contributed by atoms with Gasteiger partial charge in [0.15, 0.2) is 0 Å². The molecule has 1 aliphatic rings. The second-order valence-corrected chi connectivity index (χ2v) is 5.74. The summed E-state index contributed by atoms with van der Waals surface area (Å²) < 4.78 is 5.16. The van der Waals surface area contributed by atoms with Crippen molar-refractivity contribution < 1.29 is 4.74 Å². The topological polar surface area (TPSA) is 24.5 Å². The number of methoxy groups -OCH3 is 1. The molecule has 110 valence electrons. The highest BCUT2D eigenvalue weighted by atomic mass is 35.5. The van der Waals surface area contributed by atoms with Gasteiger partial charge in [0, 0.05) is 31.5 Å². The molecule has 0 saturated heterocycles. The molecule has 0 aliphatic carbocycles. The molecule has 3 nitrogen and oxygen atoms in total. The van der Waals surface area contributed by atoms with Crippen molar-refractivity contribution in [1.82, 2.24) is 0 Å². The fraction of sp³-hybridized carbons (Fsp3) is 0.294. The number of likely N-dealkylation sites (N-methyl/N-ethyl adjacent to an activating group) is 1. The van der Waals surface area contributed by atoms with E-state index in [2.05, 4.69) is 35.5 Å². The molecule has 0 unspecified atom stereocenters. The Morgan fingerprint density at radius 3 is 2.86 bits per heavy atom. The monoisotopic (exact) mass is 302 g/mol. The van der Waals surface area contributed by atoms with Gasteiger partial charge in [0.05, 0.1) is 12.1 Å². The van der Waals surface area contributed by atoms with Crippen molar-refractivity contribution in [2.24, 2.45) is 0 Å². The van der Waals surface area contributed by atoms with Gasteiger partial charge in [-0.15, -0.1) is 0 Å². The molecule has 1 N–H and O–H groups in total. The molecule has 2 aromatic rings. The van der Waals surface area contributed by atoms with Crippen LogP contribution in [-0.2, 0) is 13.0 Å². The number of rotatable bonds is 4. The Kier molecular flexibility index (Phi) is 3.93. The number of halogens is 1. The van der Waals surface area contributed by atoms with Gasteiger partial charge in [-0.3, -0.25) is 0 Å². The van der Waals surface area contributed by atoms with Gasteiger partial charge in [-0.25, -0.2) is 0 Å². The van der Waals surface area contributed by atoms with Crippen LogP contribution in [0.4, 0.5) is 11.4 Å². The summed E-state index contributed by atoms with van der Waals surface area (Å²) in [4.78, 5) is 2.30. The molecular formula is C17H19ClN2O. The van der Waals surface area contributed by atoms with E-state index in [0.29, 0.717) is 10.8 Å². The predicted molar refractivity (Wildman–Crippen MR) is 88.7 cm³/mol. The highest BCUT2D eigenvalue weighted by Crippen LogP contribution is 2.29. The molecule has 2 aromatic carbocycles. The number of anilines is 2. The average molecular weight is 303 g/mol. The van der Waals surface area contributed by atoms with Crippen LogP contribution in [0, 0.1) is 0 Å². The fourth-order valence-corrected chi connectivity index (χ4v) is 2.97. The maximum atomic E-state index is 6.13. The molecule has 0 atom stereocenters.